The average Bonchev–Trinajstić information content (AvgIpc) is 3.40. The number of aliphatic hydroxyl groups excluding tert-OH is 1. The van der Waals surface area contributed by atoms with Gasteiger partial charge >= 0.3 is 11.9 Å². The van der Waals surface area contributed by atoms with Crippen molar-refractivity contribution in [1.29, 1.82) is 0 Å². The van der Waals surface area contributed by atoms with Gasteiger partial charge in [0.1, 0.15) is 12.6 Å². The van der Waals surface area contributed by atoms with Gasteiger partial charge in [0.2, 0.25) is 5.91 Å². The van der Waals surface area contributed by atoms with Crippen molar-refractivity contribution in [2.24, 2.45) is 46.3 Å². The molecule has 0 aromatic carbocycles. The molecule has 10 unspecified atom stereocenters. The third-order valence-electron chi connectivity index (χ3n) is 14.0. The largest absolute Gasteiger partial charge is 0.480 e. The summed E-state index contributed by atoms with van der Waals surface area (Å²) < 4.78 is 6.08. The smallest absolute Gasteiger partial charge is 0.322 e. The molecule has 0 spiro atoms. The molecule has 0 radical (unpaired) electrons. The van der Waals surface area contributed by atoms with Gasteiger partial charge in [0.05, 0.1) is 6.10 Å². The molecule has 47 heavy (non-hydrogen) atoms. The zero-order chi connectivity index (χ0) is 34.0. The molecule has 0 aromatic rings. The lowest BCUT2D eigenvalue weighted by Crippen LogP contribution is -2.59. The highest BCUT2D eigenvalue weighted by Crippen LogP contribution is 2.68. The minimum Gasteiger partial charge on any atom is -0.480 e. The molecule has 1 amide bonds. The summed E-state index contributed by atoms with van der Waals surface area (Å²) in [6.45, 7) is 8.97. The summed E-state index contributed by atoms with van der Waals surface area (Å²) in [6, 6.07) is 0. The first kappa shape index (κ1) is 38.2. The van der Waals surface area contributed by atoms with Crippen molar-refractivity contribution in [1.82, 2.24) is 5.32 Å². The summed E-state index contributed by atoms with van der Waals surface area (Å²) in [6.07, 6.45) is 23.9. The first-order valence-electron chi connectivity index (χ1n) is 19.9. The zero-order valence-electron chi connectivity index (χ0n) is 30.4. The molecule has 270 valence electrons. The van der Waals surface area contributed by atoms with Crippen LogP contribution in [0, 0.1) is 46.3 Å². The Labute approximate surface area is 286 Å². The Morgan fingerprint density at radius 2 is 1.49 bits per heavy atom. The van der Waals surface area contributed by atoms with Gasteiger partial charge in [-0.3, -0.25) is 14.4 Å². The molecule has 0 saturated heterocycles. The van der Waals surface area contributed by atoms with E-state index in [2.05, 4.69) is 33.0 Å². The Morgan fingerprint density at radius 3 is 2.15 bits per heavy atom. The van der Waals surface area contributed by atoms with E-state index in [-0.39, 0.29) is 41.5 Å². The number of carbonyl (C=O) groups excluding carboxylic acids is 2. The number of fused-ring (bicyclic) bond motifs is 5. The summed E-state index contributed by atoms with van der Waals surface area (Å²) in [7, 11) is 0. The molecule has 4 aliphatic carbocycles. The van der Waals surface area contributed by atoms with Gasteiger partial charge in [-0.1, -0.05) is 91.9 Å². The molecule has 0 aliphatic heterocycles. The number of aliphatic hydroxyl groups is 1. The number of aliphatic carboxylic acids is 1. The summed E-state index contributed by atoms with van der Waals surface area (Å²) in [4.78, 5) is 35.8. The third kappa shape index (κ3) is 9.54. The van der Waals surface area contributed by atoms with Crippen LogP contribution in [0.15, 0.2) is 0 Å². The monoisotopic (exact) mass is 660 g/mol. The Balaban J connectivity index is 1.20. The van der Waals surface area contributed by atoms with Gasteiger partial charge in [-0.2, -0.15) is 0 Å². The summed E-state index contributed by atoms with van der Waals surface area (Å²) in [5.41, 5.74) is 0.0539. The second-order valence-corrected chi connectivity index (χ2v) is 16.8. The minimum atomic E-state index is -1.02. The van der Waals surface area contributed by atoms with Crippen molar-refractivity contribution in [2.45, 2.75) is 181 Å². The van der Waals surface area contributed by atoms with Gasteiger partial charge in [0.15, 0.2) is 0 Å². The minimum absolute atomic E-state index is 0.00227. The number of carbonyl (C=O) groups is 3. The number of unbranched alkanes of at least 4 members (excludes halogenated alkanes) is 10. The van der Waals surface area contributed by atoms with E-state index in [9.17, 15) is 19.5 Å². The van der Waals surface area contributed by atoms with E-state index in [4.69, 9.17) is 9.84 Å². The van der Waals surface area contributed by atoms with E-state index in [0.29, 0.717) is 48.3 Å². The standard InChI is InChI=1S/C40H69NO6/c1-5-6-7-8-9-10-11-12-13-14-15-16-38(46)47-30-23-24-39(3)29(25-30)18-19-31-33-21-20-32(40(33,4)35(42)26-34(31)39)28(2)17-22-36(43)41-27-37(44)45/h28-35,42H,5-27H2,1-4H3,(H,41,43)(H,44,45). The molecule has 0 aromatic heterocycles. The molecular weight excluding hydrogens is 590 g/mol. The van der Waals surface area contributed by atoms with Crippen LogP contribution < -0.4 is 5.32 Å². The van der Waals surface area contributed by atoms with Crippen LogP contribution in [0.4, 0.5) is 0 Å². The zero-order valence-corrected chi connectivity index (χ0v) is 30.4. The average molecular weight is 660 g/mol. The van der Waals surface area contributed by atoms with Gasteiger partial charge in [-0.05, 0) is 111 Å². The van der Waals surface area contributed by atoms with Crippen LogP contribution in [0.3, 0.4) is 0 Å². The Hall–Kier alpha value is -1.63. The van der Waals surface area contributed by atoms with E-state index >= 15 is 0 Å². The number of amides is 1. The molecule has 4 fully saturated rings. The van der Waals surface area contributed by atoms with E-state index in [1.165, 1.54) is 70.6 Å². The molecule has 3 N–H and O–H groups in total. The van der Waals surface area contributed by atoms with Gasteiger partial charge in [0, 0.05) is 12.8 Å². The summed E-state index contributed by atoms with van der Waals surface area (Å²) in [5, 5.41) is 23.2. The molecule has 7 nitrogen and oxygen atoms in total. The van der Waals surface area contributed by atoms with Gasteiger partial charge in [0.25, 0.3) is 0 Å². The number of rotatable bonds is 19. The van der Waals surface area contributed by atoms with E-state index < -0.39 is 5.97 Å². The number of carboxylic acids is 1. The molecule has 7 heteroatoms. The van der Waals surface area contributed by atoms with Crippen LogP contribution in [0.5, 0.6) is 0 Å². The lowest BCUT2D eigenvalue weighted by Gasteiger charge is -2.62. The number of hydrogen-bond donors (Lipinski definition) is 3. The second kappa shape index (κ2) is 17.9. The highest BCUT2D eigenvalue weighted by atomic mass is 16.5. The molecular formula is C40H69NO6. The molecule has 4 saturated carbocycles. The predicted molar refractivity (Wildman–Crippen MR) is 187 cm³/mol. The topological polar surface area (TPSA) is 113 Å². The maximum atomic E-state index is 12.8. The highest BCUT2D eigenvalue weighted by molar-refractivity contribution is 5.81. The fourth-order valence-corrected chi connectivity index (χ4v) is 11.3. The lowest BCUT2D eigenvalue weighted by atomic mass is 9.43. The maximum Gasteiger partial charge on any atom is 0.322 e. The molecule has 0 heterocycles. The Kier molecular flexibility index (Phi) is 14.5. The van der Waals surface area contributed by atoms with Gasteiger partial charge in [-0.25, -0.2) is 0 Å². The number of nitrogens with one attached hydrogen (secondary N) is 1. The quantitative estimate of drug-likeness (QED) is 0.0943. The van der Waals surface area contributed by atoms with Crippen molar-refractivity contribution in [3.8, 4) is 0 Å². The van der Waals surface area contributed by atoms with Crippen molar-refractivity contribution < 1.29 is 29.3 Å². The number of carboxylic acid groups (broad SMARTS) is 1. The first-order chi connectivity index (χ1) is 22.5. The summed E-state index contributed by atoms with van der Waals surface area (Å²) >= 11 is 0. The van der Waals surface area contributed by atoms with E-state index in [1.54, 1.807) is 0 Å². The third-order valence-corrected chi connectivity index (χ3v) is 14.0. The van der Waals surface area contributed by atoms with Crippen LogP contribution in [0.1, 0.15) is 169 Å². The van der Waals surface area contributed by atoms with Crippen LogP contribution in [0.25, 0.3) is 0 Å². The normalized spacial score (nSPS) is 35.3. The van der Waals surface area contributed by atoms with Crippen molar-refractivity contribution in [2.75, 3.05) is 6.54 Å². The number of hydrogen-bond acceptors (Lipinski definition) is 5. The van der Waals surface area contributed by atoms with Crippen LogP contribution in [-0.2, 0) is 19.1 Å². The maximum absolute atomic E-state index is 12.8. The van der Waals surface area contributed by atoms with Crippen LogP contribution in [0.2, 0.25) is 0 Å². The highest BCUT2D eigenvalue weighted by Gasteiger charge is 2.63. The van der Waals surface area contributed by atoms with Crippen molar-refractivity contribution in [3.63, 3.8) is 0 Å². The lowest BCUT2D eigenvalue weighted by molar-refractivity contribution is -0.181. The van der Waals surface area contributed by atoms with Crippen LogP contribution >= 0.6 is 0 Å². The molecule has 0 bridgehead atoms. The number of esters is 1. The van der Waals surface area contributed by atoms with Gasteiger partial charge in [-0.15, -0.1) is 0 Å². The molecule has 4 rings (SSSR count). The van der Waals surface area contributed by atoms with Crippen molar-refractivity contribution >= 4 is 17.8 Å². The second-order valence-electron chi connectivity index (χ2n) is 16.8. The van der Waals surface area contributed by atoms with Gasteiger partial charge < -0.3 is 20.3 Å². The Bertz CT molecular complexity index is 1020. The molecule has 4 aliphatic rings. The van der Waals surface area contributed by atoms with E-state index in [1.807, 2.05) is 0 Å². The predicted octanol–water partition coefficient (Wildman–Crippen LogP) is 8.85. The van der Waals surface area contributed by atoms with Crippen LogP contribution in [-0.4, -0.2) is 46.8 Å². The SMILES string of the molecule is CCCCCCCCCCCCCC(=O)OC1CCC2(C)C(CCC3C2CC(O)C2(C)C(C(C)CCC(=O)NCC(=O)O)CCC32)C1. The van der Waals surface area contributed by atoms with Crippen molar-refractivity contribution in [3.05, 3.63) is 0 Å². The fraction of sp³-hybridized carbons (Fsp3) is 0.925. The summed E-state index contributed by atoms with van der Waals surface area (Å²) in [5.74, 6) is 1.63. The van der Waals surface area contributed by atoms with E-state index in [0.717, 1.165) is 57.8 Å². The number of ether oxygens (including phenoxy) is 1. The molecule has 10 atom stereocenters. The fourth-order valence-electron chi connectivity index (χ4n) is 11.3. The first-order valence-corrected chi connectivity index (χ1v) is 19.9. The Morgan fingerprint density at radius 1 is 0.830 bits per heavy atom.